The molecule has 1 aromatic carbocycles. The van der Waals surface area contributed by atoms with Gasteiger partial charge in [0.1, 0.15) is 0 Å². The molecule has 1 aromatic heterocycles. The lowest BCUT2D eigenvalue weighted by molar-refractivity contribution is 0.0982. The molecule has 2 unspecified atom stereocenters. The zero-order valence-electron chi connectivity index (χ0n) is 12.0. The second-order valence-electron chi connectivity index (χ2n) is 6.63. The molecule has 1 saturated heterocycles. The molecule has 2 nitrogen and oxygen atoms in total. The maximum atomic E-state index is 2.72. The maximum absolute atomic E-state index is 2.72. The number of hydrogen-bond acceptors (Lipinski definition) is 1. The average molecular weight is 264 g/mol. The number of hydrogen-bond donors (Lipinski definition) is 0. The summed E-state index contributed by atoms with van der Waals surface area (Å²) < 4.78 is 2.48. The molecule has 1 fully saturated rings. The molecular formula is C18H20N2. The van der Waals surface area contributed by atoms with Gasteiger partial charge in [0.25, 0.3) is 0 Å². The van der Waals surface area contributed by atoms with E-state index < -0.39 is 0 Å². The molecule has 0 saturated carbocycles. The minimum atomic E-state index is 0.644. The highest BCUT2D eigenvalue weighted by atomic mass is 15.2. The largest absolute Gasteiger partial charge is 0.319 e. The van der Waals surface area contributed by atoms with E-state index in [4.69, 9.17) is 0 Å². The number of aromatic nitrogens is 1. The first-order valence-electron chi connectivity index (χ1n) is 7.88. The molecule has 2 atom stereocenters. The molecule has 3 aliphatic heterocycles. The van der Waals surface area contributed by atoms with Crippen LogP contribution in [0.2, 0.25) is 0 Å². The molecule has 0 N–H and O–H groups in total. The van der Waals surface area contributed by atoms with E-state index >= 15 is 0 Å². The lowest BCUT2D eigenvalue weighted by atomic mass is 9.81. The predicted molar refractivity (Wildman–Crippen MR) is 82.7 cm³/mol. The molecule has 20 heavy (non-hydrogen) atoms. The topological polar surface area (TPSA) is 8.17 Å². The molecular weight excluding hydrogens is 244 g/mol. The molecule has 0 amide bonds. The van der Waals surface area contributed by atoms with Crippen LogP contribution in [-0.2, 0) is 6.42 Å². The third kappa shape index (κ3) is 1.28. The van der Waals surface area contributed by atoms with Gasteiger partial charge < -0.3 is 4.57 Å². The summed E-state index contributed by atoms with van der Waals surface area (Å²) in [5, 5.41) is 1.49. The van der Waals surface area contributed by atoms with E-state index in [-0.39, 0.29) is 0 Å². The van der Waals surface area contributed by atoms with E-state index in [2.05, 4.69) is 46.9 Å². The highest BCUT2D eigenvalue weighted by Gasteiger charge is 2.40. The minimum Gasteiger partial charge on any atom is -0.319 e. The van der Waals surface area contributed by atoms with Crippen molar-refractivity contribution in [3.8, 4) is 0 Å². The number of aryl methyl sites for hydroxylation is 1. The van der Waals surface area contributed by atoms with Gasteiger partial charge in [-0.15, -0.1) is 0 Å². The number of benzene rings is 1. The average Bonchev–Trinajstić information content (AvgIpc) is 2.80. The first kappa shape index (κ1) is 11.2. The smallest absolute Gasteiger partial charge is 0.0571 e. The zero-order valence-corrected chi connectivity index (χ0v) is 12.0. The Labute approximate surface area is 119 Å². The molecule has 4 heterocycles. The predicted octanol–water partition coefficient (Wildman–Crippen LogP) is 3.74. The Morgan fingerprint density at radius 2 is 2.15 bits per heavy atom. The molecule has 0 radical (unpaired) electrons. The summed E-state index contributed by atoms with van der Waals surface area (Å²) >= 11 is 0. The van der Waals surface area contributed by atoms with Crippen molar-refractivity contribution >= 4 is 17.1 Å². The van der Waals surface area contributed by atoms with E-state index in [1.54, 1.807) is 11.3 Å². The second kappa shape index (κ2) is 3.76. The Bertz CT molecular complexity index is 737. The third-order valence-corrected chi connectivity index (χ3v) is 5.50. The van der Waals surface area contributed by atoms with Gasteiger partial charge in [0, 0.05) is 23.8 Å². The van der Waals surface area contributed by atoms with Crippen LogP contribution in [-0.4, -0.2) is 22.6 Å². The summed E-state index contributed by atoms with van der Waals surface area (Å²) in [6, 6.07) is 7.60. The number of rotatable bonds is 0. The van der Waals surface area contributed by atoms with Crippen molar-refractivity contribution in [2.75, 3.05) is 13.1 Å². The van der Waals surface area contributed by atoms with Crippen LogP contribution in [0.15, 0.2) is 24.3 Å². The Hall–Kier alpha value is -1.54. The summed E-state index contributed by atoms with van der Waals surface area (Å²) in [6.07, 6.45) is 8.74. The summed E-state index contributed by atoms with van der Waals surface area (Å²) in [6.45, 7) is 4.73. The summed E-state index contributed by atoms with van der Waals surface area (Å²) in [7, 11) is 0. The van der Waals surface area contributed by atoms with Crippen molar-refractivity contribution in [1.82, 2.24) is 9.47 Å². The van der Waals surface area contributed by atoms with Gasteiger partial charge in [0.05, 0.1) is 11.6 Å². The van der Waals surface area contributed by atoms with E-state index in [9.17, 15) is 0 Å². The molecule has 3 aliphatic rings. The SMILES string of the molecule is Cc1ccc2c3c4n(c2c1)C=CC1CCCN(CC3)C41. The molecule has 0 bridgehead atoms. The fourth-order valence-corrected chi connectivity index (χ4v) is 4.63. The van der Waals surface area contributed by atoms with Crippen molar-refractivity contribution in [1.29, 1.82) is 0 Å². The number of fused-ring (bicyclic) bond motifs is 3. The quantitative estimate of drug-likeness (QED) is 0.703. The lowest BCUT2D eigenvalue weighted by Gasteiger charge is -2.45. The lowest BCUT2D eigenvalue weighted by Crippen LogP contribution is -2.44. The normalized spacial score (nSPS) is 27.9. The summed E-state index contributed by atoms with van der Waals surface area (Å²) in [5.41, 5.74) is 6.00. The van der Waals surface area contributed by atoms with Crippen molar-refractivity contribution in [2.24, 2.45) is 5.92 Å². The van der Waals surface area contributed by atoms with Gasteiger partial charge in [-0.1, -0.05) is 18.2 Å². The van der Waals surface area contributed by atoms with Gasteiger partial charge >= 0.3 is 0 Å². The zero-order chi connectivity index (χ0) is 13.3. The fraction of sp³-hybridized carbons (Fsp3) is 0.444. The van der Waals surface area contributed by atoms with Crippen LogP contribution in [0.25, 0.3) is 17.1 Å². The monoisotopic (exact) mass is 264 g/mol. The van der Waals surface area contributed by atoms with Crippen LogP contribution in [0.1, 0.15) is 35.7 Å². The Kier molecular flexibility index (Phi) is 2.10. The van der Waals surface area contributed by atoms with Crippen LogP contribution in [0.4, 0.5) is 0 Å². The van der Waals surface area contributed by atoms with Gasteiger partial charge in [-0.05, 0) is 55.8 Å². The standard InChI is InChI=1S/C18H20N2/c1-12-4-5-14-15-7-9-19-8-2-3-13-6-10-20(16(14)11-12)18(15)17(13)19/h4-6,10-11,13,17H,2-3,7-9H2,1H3. The van der Waals surface area contributed by atoms with Gasteiger partial charge in [0.15, 0.2) is 0 Å². The van der Waals surface area contributed by atoms with Gasteiger partial charge in [0.2, 0.25) is 0 Å². The van der Waals surface area contributed by atoms with Crippen LogP contribution < -0.4 is 0 Å². The summed E-state index contributed by atoms with van der Waals surface area (Å²) in [4.78, 5) is 2.72. The van der Waals surface area contributed by atoms with Crippen molar-refractivity contribution < 1.29 is 0 Å². The first-order valence-corrected chi connectivity index (χ1v) is 7.88. The highest BCUT2D eigenvalue weighted by Crippen LogP contribution is 2.47. The molecule has 0 aliphatic carbocycles. The Morgan fingerprint density at radius 3 is 3.10 bits per heavy atom. The van der Waals surface area contributed by atoms with Crippen LogP contribution in [0.3, 0.4) is 0 Å². The molecule has 102 valence electrons. The molecule has 2 aromatic rings. The third-order valence-electron chi connectivity index (χ3n) is 5.50. The minimum absolute atomic E-state index is 0.644. The van der Waals surface area contributed by atoms with Crippen molar-refractivity contribution in [3.63, 3.8) is 0 Å². The van der Waals surface area contributed by atoms with E-state index in [0.29, 0.717) is 6.04 Å². The van der Waals surface area contributed by atoms with Gasteiger partial charge in [-0.3, -0.25) is 4.90 Å². The van der Waals surface area contributed by atoms with Gasteiger partial charge in [-0.2, -0.15) is 0 Å². The van der Waals surface area contributed by atoms with Crippen molar-refractivity contribution in [2.45, 2.75) is 32.2 Å². The summed E-state index contributed by atoms with van der Waals surface area (Å²) in [5.74, 6) is 0.737. The Balaban J connectivity index is 1.86. The Morgan fingerprint density at radius 1 is 1.20 bits per heavy atom. The first-order chi connectivity index (χ1) is 9.83. The van der Waals surface area contributed by atoms with Crippen LogP contribution in [0, 0.1) is 12.8 Å². The van der Waals surface area contributed by atoms with Crippen LogP contribution >= 0.6 is 0 Å². The number of nitrogens with zero attached hydrogens (tertiary/aromatic N) is 2. The van der Waals surface area contributed by atoms with Crippen LogP contribution in [0.5, 0.6) is 0 Å². The molecule has 0 spiro atoms. The van der Waals surface area contributed by atoms with Crippen molar-refractivity contribution in [3.05, 3.63) is 41.1 Å². The van der Waals surface area contributed by atoms with Gasteiger partial charge in [-0.25, -0.2) is 0 Å². The maximum Gasteiger partial charge on any atom is 0.0571 e. The fourth-order valence-electron chi connectivity index (χ4n) is 4.63. The highest BCUT2D eigenvalue weighted by molar-refractivity contribution is 5.89. The van der Waals surface area contributed by atoms with E-state index in [1.165, 1.54) is 48.8 Å². The molecule has 5 rings (SSSR count). The number of piperidine rings is 1. The second-order valence-corrected chi connectivity index (χ2v) is 6.63. The van der Waals surface area contributed by atoms with E-state index in [0.717, 1.165) is 5.92 Å². The van der Waals surface area contributed by atoms with E-state index in [1.807, 2.05) is 0 Å². The molecule has 2 heteroatoms.